The highest BCUT2D eigenvalue weighted by Gasteiger charge is 2.31. The molecule has 0 aromatic carbocycles. The van der Waals surface area contributed by atoms with Gasteiger partial charge in [0.25, 0.3) is 11.6 Å². The fourth-order valence-corrected chi connectivity index (χ4v) is 3.89. The van der Waals surface area contributed by atoms with Gasteiger partial charge in [0.15, 0.2) is 5.76 Å². The second kappa shape index (κ2) is 8.69. The number of hydrogen-bond acceptors (Lipinski definition) is 6. The summed E-state index contributed by atoms with van der Waals surface area (Å²) < 4.78 is 10.8. The number of pyridine rings is 1. The van der Waals surface area contributed by atoms with E-state index in [1.165, 1.54) is 0 Å². The number of furan rings is 1. The fourth-order valence-electron chi connectivity index (χ4n) is 3.89. The Balaban J connectivity index is 1.61. The summed E-state index contributed by atoms with van der Waals surface area (Å²) >= 11 is 0. The van der Waals surface area contributed by atoms with Crippen LogP contribution < -0.4 is 5.32 Å². The molecular formula is C22H26N4O4. The molecule has 0 spiro atoms. The molecule has 1 aliphatic heterocycles. The van der Waals surface area contributed by atoms with E-state index in [1.54, 1.807) is 36.3 Å². The molecule has 4 heterocycles. The van der Waals surface area contributed by atoms with Crippen LogP contribution in [-0.2, 0) is 4.79 Å². The normalized spacial score (nSPS) is 16.7. The Kier molecular flexibility index (Phi) is 5.83. The monoisotopic (exact) mass is 410 g/mol. The number of aryl methyl sites for hydroxylation is 1. The van der Waals surface area contributed by atoms with Crippen LogP contribution >= 0.6 is 0 Å². The highest BCUT2D eigenvalue weighted by molar-refractivity contribution is 6.07. The summed E-state index contributed by atoms with van der Waals surface area (Å²) in [5.41, 5.74) is 1.89. The van der Waals surface area contributed by atoms with Crippen molar-refractivity contribution >= 4 is 22.9 Å². The van der Waals surface area contributed by atoms with Crippen LogP contribution in [0.2, 0.25) is 0 Å². The Labute approximate surface area is 174 Å². The van der Waals surface area contributed by atoms with E-state index in [4.69, 9.17) is 8.94 Å². The molecule has 1 unspecified atom stereocenters. The van der Waals surface area contributed by atoms with Crippen molar-refractivity contribution in [1.82, 2.24) is 20.4 Å². The highest BCUT2D eigenvalue weighted by atomic mass is 16.5. The van der Waals surface area contributed by atoms with Gasteiger partial charge in [0.1, 0.15) is 5.69 Å². The molecule has 158 valence electrons. The fraction of sp³-hybridized carbons (Fsp3) is 0.455. The molecular weight excluding hydrogens is 384 g/mol. The van der Waals surface area contributed by atoms with Gasteiger partial charge in [0.05, 0.1) is 28.8 Å². The summed E-state index contributed by atoms with van der Waals surface area (Å²) in [6.45, 7) is 5.57. The van der Waals surface area contributed by atoms with Crippen LogP contribution in [-0.4, -0.2) is 46.5 Å². The van der Waals surface area contributed by atoms with Gasteiger partial charge in [-0.25, -0.2) is 4.98 Å². The van der Waals surface area contributed by atoms with Gasteiger partial charge in [-0.1, -0.05) is 18.5 Å². The number of hydrogen-bond donors (Lipinski definition) is 1. The zero-order valence-electron chi connectivity index (χ0n) is 17.3. The number of nitrogens with zero attached hydrogens (tertiary/aromatic N) is 3. The van der Waals surface area contributed by atoms with Crippen LogP contribution in [0.3, 0.4) is 0 Å². The lowest BCUT2D eigenvalue weighted by atomic mass is 9.96. The number of aromatic nitrogens is 2. The molecule has 8 heteroatoms. The number of fused-ring (bicyclic) bond motifs is 1. The van der Waals surface area contributed by atoms with Crippen molar-refractivity contribution in [2.75, 3.05) is 19.6 Å². The van der Waals surface area contributed by atoms with Crippen molar-refractivity contribution in [3.63, 3.8) is 0 Å². The minimum absolute atomic E-state index is 0.0262. The first-order valence-corrected chi connectivity index (χ1v) is 10.5. The zero-order valence-corrected chi connectivity index (χ0v) is 17.3. The number of piperidine rings is 1. The standard InChI is InChI=1S/C22H26N4O4/c1-3-4-9-23-20(27)15-7-5-10-26(13-15)22(28)16-12-17(18-8-6-11-29-18)24-21-19(16)14(2)25-30-21/h6,8,11-12,15H,3-5,7,9-10,13H2,1-2H3,(H,23,27). The molecule has 3 aromatic heterocycles. The van der Waals surface area contributed by atoms with Crippen molar-refractivity contribution in [1.29, 1.82) is 0 Å². The lowest BCUT2D eigenvalue weighted by Gasteiger charge is -2.32. The van der Waals surface area contributed by atoms with E-state index in [2.05, 4.69) is 22.4 Å². The van der Waals surface area contributed by atoms with Gasteiger partial charge in [-0.15, -0.1) is 0 Å². The first kappa shape index (κ1) is 20.1. The molecule has 1 saturated heterocycles. The molecule has 0 radical (unpaired) electrons. The van der Waals surface area contributed by atoms with E-state index in [9.17, 15) is 9.59 Å². The van der Waals surface area contributed by atoms with Gasteiger partial charge >= 0.3 is 0 Å². The van der Waals surface area contributed by atoms with Crippen LogP contribution in [0.15, 0.2) is 33.4 Å². The number of likely N-dealkylation sites (tertiary alicyclic amines) is 1. The van der Waals surface area contributed by atoms with Crippen LogP contribution in [0.4, 0.5) is 0 Å². The number of amides is 2. The van der Waals surface area contributed by atoms with Crippen molar-refractivity contribution < 1.29 is 18.5 Å². The third kappa shape index (κ3) is 3.94. The average molecular weight is 410 g/mol. The maximum absolute atomic E-state index is 13.5. The van der Waals surface area contributed by atoms with Crippen LogP contribution in [0.5, 0.6) is 0 Å². The second-order valence-corrected chi connectivity index (χ2v) is 7.72. The molecule has 0 saturated carbocycles. The third-order valence-corrected chi connectivity index (χ3v) is 5.53. The van der Waals surface area contributed by atoms with E-state index in [0.717, 1.165) is 25.7 Å². The smallest absolute Gasteiger partial charge is 0.259 e. The Morgan fingerprint density at radius 2 is 2.23 bits per heavy atom. The average Bonchev–Trinajstić information content (AvgIpc) is 3.43. The molecule has 1 atom stereocenters. The second-order valence-electron chi connectivity index (χ2n) is 7.72. The quantitative estimate of drug-likeness (QED) is 0.624. The van der Waals surface area contributed by atoms with Gasteiger partial charge in [0.2, 0.25) is 5.91 Å². The summed E-state index contributed by atoms with van der Waals surface area (Å²) in [5, 5.41) is 7.58. The van der Waals surface area contributed by atoms with Gasteiger partial charge in [-0.3, -0.25) is 9.59 Å². The predicted octanol–water partition coefficient (Wildman–Crippen LogP) is 3.56. The minimum Gasteiger partial charge on any atom is -0.463 e. The van der Waals surface area contributed by atoms with Crippen molar-refractivity contribution in [3.05, 3.63) is 35.7 Å². The summed E-state index contributed by atoms with van der Waals surface area (Å²) in [7, 11) is 0. The summed E-state index contributed by atoms with van der Waals surface area (Å²) in [6, 6.07) is 5.27. The molecule has 2 amide bonds. The summed E-state index contributed by atoms with van der Waals surface area (Å²) in [4.78, 5) is 32.2. The summed E-state index contributed by atoms with van der Waals surface area (Å²) in [6.07, 6.45) is 5.12. The van der Waals surface area contributed by atoms with E-state index >= 15 is 0 Å². The Bertz CT molecular complexity index is 1040. The number of carbonyl (C=O) groups is 2. The van der Waals surface area contributed by atoms with E-state index in [1.807, 2.05) is 0 Å². The molecule has 0 aliphatic carbocycles. The molecule has 8 nitrogen and oxygen atoms in total. The topological polar surface area (TPSA) is 101 Å². The molecule has 1 N–H and O–H groups in total. The maximum Gasteiger partial charge on any atom is 0.259 e. The third-order valence-electron chi connectivity index (χ3n) is 5.53. The predicted molar refractivity (Wildman–Crippen MR) is 111 cm³/mol. The van der Waals surface area contributed by atoms with Gasteiger partial charge in [-0.2, -0.15) is 0 Å². The lowest BCUT2D eigenvalue weighted by molar-refractivity contribution is -0.126. The SMILES string of the molecule is CCCCNC(=O)C1CCCN(C(=O)c2cc(-c3ccco3)nc3onc(C)c23)C1. The number of rotatable bonds is 6. The largest absolute Gasteiger partial charge is 0.463 e. The Morgan fingerprint density at radius 1 is 1.37 bits per heavy atom. The van der Waals surface area contributed by atoms with E-state index in [-0.39, 0.29) is 17.7 Å². The van der Waals surface area contributed by atoms with Crippen LogP contribution in [0.1, 0.15) is 48.7 Å². The van der Waals surface area contributed by atoms with Gasteiger partial charge in [0, 0.05) is 19.6 Å². The van der Waals surface area contributed by atoms with Crippen molar-refractivity contribution in [3.8, 4) is 11.5 Å². The molecule has 3 aromatic rings. The number of carbonyl (C=O) groups excluding carboxylic acids is 2. The number of unbranched alkanes of at least 4 members (excludes halogenated alkanes) is 1. The zero-order chi connectivity index (χ0) is 21.1. The maximum atomic E-state index is 13.5. The molecule has 0 bridgehead atoms. The lowest BCUT2D eigenvalue weighted by Crippen LogP contribution is -2.45. The molecule has 1 fully saturated rings. The first-order valence-electron chi connectivity index (χ1n) is 10.5. The van der Waals surface area contributed by atoms with Gasteiger partial charge < -0.3 is 19.2 Å². The van der Waals surface area contributed by atoms with Gasteiger partial charge in [-0.05, 0) is 44.4 Å². The van der Waals surface area contributed by atoms with E-state index in [0.29, 0.717) is 53.4 Å². The Morgan fingerprint density at radius 3 is 3.00 bits per heavy atom. The summed E-state index contributed by atoms with van der Waals surface area (Å²) in [5.74, 6) is 0.239. The van der Waals surface area contributed by atoms with Crippen molar-refractivity contribution in [2.24, 2.45) is 5.92 Å². The van der Waals surface area contributed by atoms with Crippen LogP contribution in [0.25, 0.3) is 22.6 Å². The number of nitrogens with one attached hydrogen (secondary N) is 1. The molecule has 1 aliphatic rings. The van der Waals surface area contributed by atoms with Crippen LogP contribution in [0, 0.1) is 12.8 Å². The highest BCUT2D eigenvalue weighted by Crippen LogP contribution is 2.29. The van der Waals surface area contributed by atoms with E-state index < -0.39 is 0 Å². The Hall–Kier alpha value is -3.16. The molecule has 4 rings (SSSR count). The minimum atomic E-state index is -0.190. The first-order chi connectivity index (χ1) is 14.6. The van der Waals surface area contributed by atoms with Crippen molar-refractivity contribution in [2.45, 2.75) is 39.5 Å². The molecule has 30 heavy (non-hydrogen) atoms.